The standard InChI is InChI=1S/C17H11Cl2N3OS/c18-11-6-7-13(19)12(9-11)16(23)22-17(24)21-14-5-1-3-10-4-2-8-20-15(10)14/h1-9H,(H2,21,22,23,24). The van der Waals surface area contributed by atoms with Crippen LogP contribution in [0.2, 0.25) is 10.0 Å². The van der Waals surface area contributed by atoms with Crippen LogP contribution in [0.1, 0.15) is 10.4 Å². The summed E-state index contributed by atoms with van der Waals surface area (Å²) in [5.41, 5.74) is 1.72. The van der Waals surface area contributed by atoms with Crippen molar-refractivity contribution in [2.24, 2.45) is 0 Å². The molecule has 0 saturated carbocycles. The Kier molecular flexibility index (Phi) is 4.94. The molecule has 0 unspecified atom stereocenters. The molecule has 4 nitrogen and oxygen atoms in total. The van der Waals surface area contributed by atoms with E-state index in [2.05, 4.69) is 15.6 Å². The van der Waals surface area contributed by atoms with Crippen molar-refractivity contribution >= 4 is 63.0 Å². The Labute approximate surface area is 153 Å². The third-order valence-corrected chi connectivity index (χ3v) is 4.05. The van der Waals surface area contributed by atoms with Crippen LogP contribution in [0.15, 0.2) is 54.7 Å². The Morgan fingerprint density at radius 1 is 1.08 bits per heavy atom. The molecule has 120 valence electrons. The van der Waals surface area contributed by atoms with Gasteiger partial charge < -0.3 is 5.32 Å². The van der Waals surface area contributed by atoms with E-state index >= 15 is 0 Å². The van der Waals surface area contributed by atoms with Gasteiger partial charge in [0.25, 0.3) is 5.91 Å². The maximum absolute atomic E-state index is 12.3. The number of para-hydroxylation sites is 1. The van der Waals surface area contributed by atoms with E-state index in [9.17, 15) is 4.79 Å². The summed E-state index contributed by atoms with van der Waals surface area (Å²) < 4.78 is 0. The van der Waals surface area contributed by atoms with E-state index in [1.165, 1.54) is 6.07 Å². The van der Waals surface area contributed by atoms with Gasteiger partial charge in [-0.1, -0.05) is 41.4 Å². The Hall–Kier alpha value is -2.21. The molecule has 2 aromatic carbocycles. The number of hydrogen-bond acceptors (Lipinski definition) is 3. The van der Waals surface area contributed by atoms with Crippen molar-refractivity contribution in [3.8, 4) is 0 Å². The van der Waals surface area contributed by atoms with Gasteiger partial charge in [0, 0.05) is 16.6 Å². The van der Waals surface area contributed by atoms with Gasteiger partial charge in [0.1, 0.15) is 0 Å². The molecule has 0 bridgehead atoms. The molecule has 0 aliphatic carbocycles. The largest absolute Gasteiger partial charge is 0.331 e. The molecule has 0 saturated heterocycles. The molecular formula is C17H11Cl2N3OS. The molecule has 0 radical (unpaired) electrons. The van der Waals surface area contributed by atoms with Gasteiger partial charge in [-0.2, -0.15) is 0 Å². The summed E-state index contributed by atoms with van der Waals surface area (Å²) in [6.07, 6.45) is 1.70. The van der Waals surface area contributed by atoms with E-state index in [1.807, 2.05) is 30.3 Å². The monoisotopic (exact) mass is 375 g/mol. The zero-order valence-corrected chi connectivity index (χ0v) is 14.5. The molecule has 0 aliphatic heterocycles. The van der Waals surface area contributed by atoms with Gasteiger partial charge in [0.15, 0.2) is 5.11 Å². The first-order chi connectivity index (χ1) is 11.5. The number of halogens is 2. The second-order valence-electron chi connectivity index (χ2n) is 4.91. The molecule has 24 heavy (non-hydrogen) atoms. The predicted octanol–water partition coefficient (Wildman–Crippen LogP) is 4.67. The van der Waals surface area contributed by atoms with Crippen molar-refractivity contribution in [2.45, 2.75) is 0 Å². The first kappa shape index (κ1) is 16.6. The first-order valence-corrected chi connectivity index (χ1v) is 8.12. The second-order valence-corrected chi connectivity index (χ2v) is 6.16. The van der Waals surface area contributed by atoms with Crippen molar-refractivity contribution in [1.29, 1.82) is 0 Å². The Bertz CT molecular complexity index is 941. The molecular weight excluding hydrogens is 365 g/mol. The predicted molar refractivity (Wildman–Crippen MR) is 102 cm³/mol. The van der Waals surface area contributed by atoms with Crippen molar-refractivity contribution in [3.63, 3.8) is 0 Å². The number of anilines is 1. The summed E-state index contributed by atoms with van der Waals surface area (Å²) in [5.74, 6) is -0.437. The molecule has 0 aliphatic rings. The molecule has 0 spiro atoms. The van der Waals surface area contributed by atoms with Crippen LogP contribution in [0.25, 0.3) is 10.9 Å². The lowest BCUT2D eigenvalue weighted by Crippen LogP contribution is -2.34. The van der Waals surface area contributed by atoms with Crippen LogP contribution >= 0.6 is 35.4 Å². The number of nitrogens with zero attached hydrogens (tertiary/aromatic N) is 1. The lowest BCUT2D eigenvalue weighted by Gasteiger charge is -2.12. The molecule has 1 heterocycles. The van der Waals surface area contributed by atoms with E-state index in [0.717, 1.165) is 10.9 Å². The molecule has 1 aromatic heterocycles. The maximum Gasteiger partial charge on any atom is 0.258 e. The number of fused-ring (bicyclic) bond motifs is 1. The van der Waals surface area contributed by atoms with E-state index in [0.29, 0.717) is 15.7 Å². The zero-order chi connectivity index (χ0) is 17.1. The highest BCUT2D eigenvalue weighted by molar-refractivity contribution is 7.80. The number of hydrogen-bond donors (Lipinski definition) is 2. The van der Waals surface area contributed by atoms with E-state index < -0.39 is 5.91 Å². The van der Waals surface area contributed by atoms with Gasteiger partial charge in [-0.3, -0.25) is 15.1 Å². The number of nitrogens with one attached hydrogen (secondary N) is 2. The van der Waals surface area contributed by atoms with E-state index in [-0.39, 0.29) is 10.7 Å². The van der Waals surface area contributed by atoms with Crippen LogP contribution in [0.3, 0.4) is 0 Å². The Morgan fingerprint density at radius 2 is 1.88 bits per heavy atom. The zero-order valence-electron chi connectivity index (χ0n) is 12.2. The average Bonchev–Trinajstić information content (AvgIpc) is 2.57. The Balaban J connectivity index is 1.78. The summed E-state index contributed by atoms with van der Waals surface area (Å²) >= 11 is 17.1. The number of carbonyl (C=O) groups excluding carboxylic acids is 1. The fourth-order valence-electron chi connectivity index (χ4n) is 2.20. The summed E-state index contributed by atoms with van der Waals surface area (Å²) in [6, 6.07) is 14.1. The summed E-state index contributed by atoms with van der Waals surface area (Å²) in [4.78, 5) is 16.6. The van der Waals surface area contributed by atoms with Crippen molar-refractivity contribution < 1.29 is 4.79 Å². The van der Waals surface area contributed by atoms with Crippen LogP contribution in [-0.2, 0) is 0 Å². The quantitative estimate of drug-likeness (QED) is 0.639. The van der Waals surface area contributed by atoms with Gasteiger partial charge in [0.05, 0.1) is 21.8 Å². The normalized spacial score (nSPS) is 10.4. The molecule has 2 N–H and O–H groups in total. The number of benzene rings is 2. The average molecular weight is 376 g/mol. The van der Waals surface area contributed by atoms with Crippen molar-refractivity contribution in [2.75, 3.05) is 5.32 Å². The molecule has 0 atom stereocenters. The SMILES string of the molecule is O=C(NC(=S)Nc1cccc2cccnc12)c1cc(Cl)ccc1Cl. The molecule has 0 fully saturated rings. The van der Waals surface area contributed by atoms with Gasteiger partial charge in [0.2, 0.25) is 0 Å². The van der Waals surface area contributed by atoms with Crippen LogP contribution in [0, 0.1) is 0 Å². The number of rotatable bonds is 2. The number of amides is 1. The Morgan fingerprint density at radius 3 is 2.71 bits per heavy atom. The van der Waals surface area contributed by atoms with Crippen molar-refractivity contribution in [3.05, 3.63) is 70.3 Å². The highest BCUT2D eigenvalue weighted by atomic mass is 35.5. The van der Waals surface area contributed by atoms with Gasteiger partial charge in [-0.25, -0.2) is 0 Å². The summed E-state index contributed by atoms with van der Waals surface area (Å²) in [6.45, 7) is 0. The molecule has 7 heteroatoms. The first-order valence-electron chi connectivity index (χ1n) is 6.96. The number of pyridine rings is 1. The second kappa shape index (κ2) is 7.13. The third kappa shape index (κ3) is 3.64. The minimum Gasteiger partial charge on any atom is -0.331 e. The van der Waals surface area contributed by atoms with Gasteiger partial charge in [-0.15, -0.1) is 0 Å². The van der Waals surface area contributed by atoms with Gasteiger partial charge >= 0.3 is 0 Å². The third-order valence-electron chi connectivity index (χ3n) is 3.28. The topological polar surface area (TPSA) is 54.0 Å². The van der Waals surface area contributed by atoms with Crippen LogP contribution in [-0.4, -0.2) is 16.0 Å². The molecule has 3 rings (SSSR count). The van der Waals surface area contributed by atoms with Crippen LogP contribution in [0.4, 0.5) is 5.69 Å². The summed E-state index contributed by atoms with van der Waals surface area (Å²) in [5, 5.41) is 7.40. The molecule has 1 amide bonds. The number of carbonyl (C=O) groups is 1. The molecule has 3 aromatic rings. The van der Waals surface area contributed by atoms with E-state index in [4.69, 9.17) is 35.4 Å². The fraction of sp³-hybridized carbons (Fsp3) is 0. The minimum atomic E-state index is -0.437. The van der Waals surface area contributed by atoms with Gasteiger partial charge in [-0.05, 0) is 42.5 Å². The lowest BCUT2D eigenvalue weighted by molar-refractivity contribution is 0.0978. The van der Waals surface area contributed by atoms with Crippen molar-refractivity contribution in [1.82, 2.24) is 10.3 Å². The summed E-state index contributed by atoms with van der Waals surface area (Å²) in [7, 11) is 0. The number of aromatic nitrogens is 1. The van der Waals surface area contributed by atoms with Crippen LogP contribution in [0.5, 0.6) is 0 Å². The lowest BCUT2D eigenvalue weighted by atomic mass is 10.2. The number of thiocarbonyl (C=S) groups is 1. The van der Waals surface area contributed by atoms with E-state index in [1.54, 1.807) is 18.3 Å². The highest BCUT2D eigenvalue weighted by Crippen LogP contribution is 2.22. The minimum absolute atomic E-state index is 0.147. The fourth-order valence-corrected chi connectivity index (χ4v) is 2.78. The maximum atomic E-state index is 12.3. The smallest absolute Gasteiger partial charge is 0.258 e. The highest BCUT2D eigenvalue weighted by Gasteiger charge is 2.13. The van der Waals surface area contributed by atoms with Crippen LogP contribution < -0.4 is 10.6 Å².